The summed E-state index contributed by atoms with van der Waals surface area (Å²) in [6, 6.07) is 6.81. The molecule has 0 unspecified atom stereocenters. The summed E-state index contributed by atoms with van der Waals surface area (Å²) in [6.07, 6.45) is 3.22. The van der Waals surface area contributed by atoms with Gasteiger partial charge in [0.05, 0.1) is 5.66 Å². The monoisotopic (exact) mass is 270 g/mol. The topological polar surface area (TPSA) is 72.5 Å². The van der Waals surface area contributed by atoms with E-state index in [2.05, 4.69) is 5.32 Å². The van der Waals surface area contributed by atoms with Crippen molar-refractivity contribution < 1.29 is 18.4 Å². The smallest absolute Gasteiger partial charge is 0.286 e. The van der Waals surface area contributed by atoms with Gasteiger partial charge in [-0.1, -0.05) is 0 Å². The Labute approximate surface area is 116 Å². The first-order valence-electron chi connectivity index (χ1n) is 6.52. The highest BCUT2D eigenvalue weighted by Gasteiger charge is 2.27. The minimum Gasteiger partial charge on any atom is -0.469 e. The van der Waals surface area contributed by atoms with Gasteiger partial charge < -0.3 is 14.2 Å². The second-order valence-electron chi connectivity index (χ2n) is 4.75. The predicted molar refractivity (Wildman–Crippen MR) is 72.5 cm³/mol. The van der Waals surface area contributed by atoms with Crippen LogP contribution in [0.15, 0.2) is 33.1 Å². The van der Waals surface area contributed by atoms with Crippen LogP contribution in [-0.2, 0) is 0 Å². The zero-order chi connectivity index (χ0) is 13.9. The lowest BCUT2D eigenvalue weighted by Crippen LogP contribution is -2.32. The average molecular weight is 270 g/mol. The minimum absolute atomic E-state index is 0.254. The minimum atomic E-state index is -0.254. The number of carbonyl (C=O) groups excluding carboxylic acids is 2. The molecule has 0 saturated heterocycles. The predicted octanol–water partition coefficient (Wildman–Crippen LogP) is 1.28. The molecule has 1 aliphatic carbocycles. The molecule has 1 aliphatic rings. The number of hydrogen-bond acceptors (Lipinski definition) is 4. The summed E-state index contributed by atoms with van der Waals surface area (Å²) in [6.45, 7) is 0. The fraction of sp³-hybridized carbons (Fsp3) is 0.286. The quantitative estimate of drug-likeness (QED) is 0.634. The van der Waals surface area contributed by atoms with Gasteiger partial charge in [0.15, 0.2) is 17.8 Å². The molecule has 101 valence electrons. The molecule has 0 spiro atoms. The van der Waals surface area contributed by atoms with Gasteiger partial charge in [-0.25, -0.2) is 0 Å². The van der Waals surface area contributed by atoms with Gasteiger partial charge in [0.25, 0.3) is 5.91 Å². The molecule has 2 aromatic rings. The molecule has 1 N–H and O–H groups in total. The van der Waals surface area contributed by atoms with Gasteiger partial charge in [-0.05, 0) is 43.6 Å². The van der Waals surface area contributed by atoms with Crippen molar-refractivity contribution in [3.05, 3.63) is 41.5 Å². The summed E-state index contributed by atoms with van der Waals surface area (Å²) >= 11 is 0. The molecule has 1 fully saturated rings. The standard InChI is InChI=1S/C14H13BNO4/c17-7-10-3-6-13(19-10)15-8-16-14(18)12-5-4-11(20-12)9-1-2-9/h3-7,9H,1-2,8H2,(H,16,18). The third kappa shape index (κ3) is 2.84. The molecule has 3 rings (SSSR count). The summed E-state index contributed by atoms with van der Waals surface area (Å²) in [5, 5.41) is 2.71. The van der Waals surface area contributed by atoms with Crippen molar-refractivity contribution in [2.75, 3.05) is 6.44 Å². The Balaban J connectivity index is 1.49. The van der Waals surface area contributed by atoms with E-state index >= 15 is 0 Å². The molecular weight excluding hydrogens is 257 g/mol. The van der Waals surface area contributed by atoms with Gasteiger partial charge in [-0.15, -0.1) is 0 Å². The maximum Gasteiger partial charge on any atom is 0.286 e. The second kappa shape index (κ2) is 5.40. The first kappa shape index (κ1) is 12.8. The van der Waals surface area contributed by atoms with E-state index in [-0.39, 0.29) is 11.7 Å². The van der Waals surface area contributed by atoms with Crippen LogP contribution in [0.25, 0.3) is 0 Å². The van der Waals surface area contributed by atoms with E-state index in [1.165, 1.54) is 0 Å². The van der Waals surface area contributed by atoms with Crippen molar-refractivity contribution >= 4 is 25.1 Å². The van der Waals surface area contributed by atoms with Crippen molar-refractivity contribution in [3.8, 4) is 0 Å². The molecule has 0 aliphatic heterocycles. The zero-order valence-electron chi connectivity index (χ0n) is 10.8. The molecule has 20 heavy (non-hydrogen) atoms. The molecule has 0 bridgehead atoms. The van der Waals surface area contributed by atoms with E-state index in [1.54, 1.807) is 25.5 Å². The average Bonchev–Trinajstić information content (AvgIpc) is 3.02. The largest absolute Gasteiger partial charge is 0.469 e. The number of carbonyl (C=O) groups is 2. The Morgan fingerprint density at radius 1 is 1.30 bits per heavy atom. The number of aldehydes is 1. The van der Waals surface area contributed by atoms with Crippen LogP contribution in [0.1, 0.15) is 45.6 Å². The highest BCUT2D eigenvalue weighted by Crippen LogP contribution is 2.40. The molecule has 5 nitrogen and oxygen atoms in total. The summed E-state index contributed by atoms with van der Waals surface area (Å²) < 4.78 is 10.7. The molecule has 0 atom stereocenters. The van der Waals surface area contributed by atoms with Gasteiger partial charge in [0.1, 0.15) is 5.76 Å². The molecule has 1 amide bonds. The number of hydrogen-bond donors (Lipinski definition) is 1. The SMILES string of the molecule is O=Cc1ccc([B]CNC(=O)c2ccc(C3CC3)o2)o1. The maximum atomic E-state index is 11.8. The number of furan rings is 2. The zero-order valence-corrected chi connectivity index (χ0v) is 10.8. The molecule has 2 aromatic heterocycles. The molecule has 1 radical (unpaired) electrons. The summed E-state index contributed by atoms with van der Waals surface area (Å²) in [4.78, 5) is 22.3. The maximum absolute atomic E-state index is 11.8. The summed E-state index contributed by atoms with van der Waals surface area (Å²) in [7, 11) is 1.69. The van der Waals surface area contributed by atoms with Crippen LogP contribution in [0, 0.1) is 0 Å². The summed E-state index contributed by atoms with van der Waals surface area (Å²) in [5.41, 5.74) is 0.547. The van der Waals surface area contributed by atoms with Crippen molar-refractivity contribution in [2.45, 2.75) is 18.8 Å². The highest BCUT2D eigenvalue weighted by atomic mass is 16.4. The first-order valence-corrected chi connectivity index (χ1v) is 6.52. The number of rotatable bonds is 6. The number of nitrogens with one attached hydrogen (secondary N) is 1. The Bertz CT molecular complexity index is 627. The fourth-order valence-electron chi connectivity index (χ4n) is 1.94. The van der Waals surface area contributed by atoms with E-state index in [0.29, 0.717) is 30.1 Å². The normalized spacial score (nSPS) is 14.0. The Morgan fingerprint density at radius 3 is 2.85 bits per heavy atom. The van der Waals surface area contributed by atoms with Crippen LogP contribution >= 0.6 is 0 Å². The number of amides is 1. The van der Waals surface area contributed by atoms with Gasteiger partial charge >= 0.3 is 0 Å². The third-order valence-electron chi connectivity index (χ3n) is 3.16. The van der Waals surface area contributed by atoms with Crippen LogP contribution in [0.5, 0.6) is 0 Å². The Kier molecular flexibility index (Phi) is 3.45. The Hall–Kier alpha value is -2.24. The lowest BCUT2D eigenvalue weighted by atomic mass is 9.76. The Morgan fingerprint density at radius 2 is 2.15 bits per heavy atom. The molecule has 0 aromatic carbocycles. The van der Waals surface area contributed by atoms with Crippen LogP contribution in [0.2, 0.25) is 0 Å². The van der Waals surface area contributed by atoms with Crippen molar-refractivity contribution in [1.29, 1.82) is 0 Å². The lowest BCUT2D eigenvalue weighted by Gasteiger charge is -2.00. The highest BCUT2D eigenvalue weighted by molar-refractivity contribution is 6.52. The third-order valence-corrected chi connectivity index (χ3v) is 3.16. The van der Waals surface area contributed by atoms with Crippen LogP contribution in [-0.4, -0.2) is 25.9 Å². The van der Waals surface area contributed by atoms with Crippen LogP contribution < -0.4 is 11.0 Å². The van der Waals surface area contributed by atoms with E-state index < -0.39 is 0 Å². The van der Waals surface area contributed by atoms with Gasteiger partial charge in [0.2, 0.25) is 7.28 Å². The fourth-order valence-corrected chi connectivity index (χ4v) is 1.94. The van der Waals surface area contributed by atoms with E-state index in [1.807, 2.05) is 6.07 Å². The van der Waals surface area contributed by atoms with Crippen LogP contribution in [0.4, 0.5) is 0 Å². The van der Waals surface area contributed by atoms with E-state index in [9.17, 15) is 9.59 Å². The summed E-state index contributed by atoms with van der Waals surface area (Å²) in [5.74, 6) is 1.72. The van der Waals surface area contributed by atoms with Gasteiger partial charge in [-0.2, -0.15) is 0 Å². The van der Waals surface area contributed by atoms with E-state index in [4.69, 9.17) is 8.83 Å². The van der Waals surface area contributed by atoms with Crippen molar-refractivity contribution in [3.63, 3.8) is 0 Å². The molecule has 2 heterocycles. The van der Waals surface area contributed by atoms with E-state index in [0.717, 1.165) is 18.6 Å². The van der Waals surface area contributed by atoms with Crippen molar-refractivity contribution in [1.82, 2.24) is 5.32 Å². The van der Waals surface area contributed by atoms with Gasteiger partial charge in [-0.3, -0.25) is 9.59 Å². The second-order valence-corrected chi connectivity index (χ2v) is 4.75. The molecule has 6 heteroatoms. The molecular formula is C14H13BNO4. The van der Waals surface area contributed by atoms with Gasteiger partial charge in [0, 0.05) is 5.92 Å². The molecule has 1 saturated carbocycles. The lowest BCUT2D eigenvalue weighted by molar-refractivity contribution is 0.0930. The van der Waals surface area contributed by atoms with Crippen molar-refractivity contribution in [2.24, 2.45) is 0 Å². The first-order chi connectivity index (χ1) is 9.76. The van der Waals surface area contributed by atoms with Crippen LogP contribution in [0.3, 0.4) is 0 Å².